The first-order valence-electron chi connectivity index (χ1n) is 7.60. The van der Waals surface area contributed by atoms with Crippen LogP contribution in [0.1, 0.15) is 13.8 Å². The van der Waals surface area contributed by atoms with Crippen molar-refractivity contribution in [1.82, 2.24) is 0 Å². The SMILES string of the molecule is CCSc1cc(SCC)cc(S(=O)(=O)c2ccc(NC(=O)[O-])cc2)c1. The molecule has 0 unspecified atom stereocenters. The van der Waals surface area contributed by atoms with Gasteiger partial charge in [0.05, 0.1) is 9.79 Å². The zero-order chi connectivity index (χ0) is 18.4. The van der Waals surface area contributed by atoms with Gasteiger partial charge in [-0.1, -0.05) is 13.8 Å². The van der Waals surface area contributed by atoms with Crippen molar-refractivity contribution >= 4 is 45.1 Å². The molecule has 5 nitrogen and oxygen atoms in total. The quantitative estimate of drug-likeness (QED) is 0.721. The molecule has 0 aromatic heterocycles. The third kappa shape index (κ3) is 5.17. The number of anilines is 1. The molecular formula is C17H18NO4S3-. The highest BCUT2D eigenvalue weighted by atomic mass is 32.2. The molecule has 0 aliphatic rings. The lowest BCUT2D eigenvalue weighted by Crippen LogP contribution is -2.28. The third-order valence-corrected chi connectivity index (χ3v) is 6.66. The molecule has 1 amide bonds. The van der Waals surface area contributed by atoms with E-state index in [0.29, 0.717) is 0 Å². The fraction of sp³-hybridized carbons (Fsp3) is 0.235. The molecule has 0 saturated carbocycles. The van der Waals surface area contributed by atoms with Gasteiger partial charge < -0.3 is 15.2 Å². The van der Waals surface area contributed by atoms with Gasteiger partial charge in [0.2, 0.25) is 9.84 Å². The van der Waals surface area contributed by atoms with Crippen LogP contribution >= 0.6 is 23.5 Å². The smallest absolute Gasteiger partial charge is 0.206 e. The minimum atomic E-state index is -3.68. The van der Waals surface area contributed by atoms with E-state index in [2.05, 4.69) is 5.32 Å². The first-order valence-corrected chi connectivity index (χ1v) is 11.1. The number of carbonyl (C=O) groups excluding carboxylic acids is 1. The molecule has 0 heterocycles. The van der Waals surface area contributed by atoms with Crippen molar-refractivity contribution in [1.29, 1.82) is 0 Å². The van der Waals surface area contributed by atoms with Gasteiger partial charge in [-0.15, -0.1) is 23.5 Å². The lowest BCUT2D eigenvalue weighted by molar-refractivity contribution is -0.242. The molecule has 1 N–H and O–H groups in total. The summed E-state index contributed by atoms with van der Waals surface area (Å²) in [5.41, 5.74) is 0.261. The summed E-state index contributed by atoms with van der Waals surface area (Å²) in [5.74, 6) is 1.70. The Kier molecular flexibility index (Phi) is 6.80. The van der Waals surface area contributed by atoms with Gasteiger partial charge in [0, 0.05) is 15.5 Å². The lowest BCUT2D eigenvalue weighted by atomic mass is 10.3. The Labute approximate surface area is 156 Å². The van der Waals surface area contributed by atoms with Gasteiger partial charge in [0.1, 0.15) is 6.09 Å². The van der Waals surface area contributed by atoms with Gasteiger partial charge in [-0.25, -0.2) is 8.42 Å². The summed E-state index contributed by atoms with van der Waals surface area (Å²) < 4.78 is 25.8. The standard InChI is InChI=1S/C17H19NO4S3/c1-3-23-13-9-14(24-4-2)11-16(10-13)25(21,22)15-7-5-12(6-8-15)18-17(19)20/h5-11,18H,3-4H2,1-2H3,(H,19,20)/p-1. The number of rotatable bonds is 7. The van der Waals surface area contributed by atoms with Crippen molar-refractivity contribution in [3.8, 4) is 0 Å². The van der Waals surface area contributed by atoms with Crippen LogP contribution in [-0.4, -0.2) is 26.0 Å². The topological polar surface area (TPSA) is 86.3 Å². The van der Waals surface area contributed by atoms with Crippen molar-refractivity contribution in [3.63, 3.8) is 0 Å². The van der Waals surface area contributed by atoms with E-state index in [1.165, 1.54) is 24.3 Å². The second-order valence-corrected chi connectivity index (χ2v) is 9.57. The number of amides is 1. The highest BCUT2D eigenvalue weighted by Crippen LogP contribution is 2.31. The maximum absolute atomic E-state index is 12.9. The van der Waals surface area contributed by atoms with Crippen LogP contribution in [0.15, 0.2) is 62.0 Å². The van der Waals surface area contributed by atoms with Crippen LogP contribution in [0, 0.1) is 0 Å². The summed E-state index contributed by atoms with van der Waals surface area (Å²) >= 11 is 3.18. The Morgan fingerprint density at radius 3 is 1.92 bits per heavy atom. The molecule has 8 heteroatoms. The molecule has 2 rings (SSSR count). The van der Waals surface area contributed by atoms with Gasteiger partial charge in [0.25, 0.3) is 0 Å². The normalized spacial score (nSPS) is 11.3. The van der Waals surface area contributed by atoms with Crippen molar-refractivity contribution in [2.75, 3.05) is 16.8 Å². The third-order valence-electron chi connectivity index (χ3n) is 3.20. The Balaban J connectivity index is 2.42. The van der Waals surface area contributed by atoms with Crippen LogP contribution in [0.25, 0.3) is 0 Å². The summed E-state index contributed by atoms with van der Waals surface area (Å²) in [4.78, 5) is 12.7. The van der Waals surface area contributed by atoms with Crippen LogP contribution in [0.3, 0.4) is 0 Å². The molecule has 0 fully saturated rings. The zero-order valence-corrected chi connectivity index (χ0v) is 16.3. The average molecular weight is 397 g/mol. The van der Waals surface area contributed by atoms with Crippen molar-refractivity contribution in [3.05, 3.63) is 42.5 Å². The summed E-state index contributed by atoms with van der Waals surface area (Å²) in [7, 11) is -3.68. The number of hydrogen-bond donors (Lipinski definition) is 1. The van der Waals surface area contributed by atoms with Gasteiger partial charge in [0.15, 0.2) is 0 Å². The maximum Gasteiger partial charge on any atom is 0.206 e. The minimum absolute atomic E-state index is 0.113. The van der Waals surface area contributed by atoms with Crippen LogP contribution in [0.4, 0.5) is 10.5 Å². The van der Waals surface area contributed by atoms with E-state index in [0.717, 1.165) is 21.3 Å². The molecule has 2 aromatic carbocycles. The van der Waals surface area contributed by atoms with Crippen LogP contribution in [0.2, 0.25) is 0 Å². The first-order chi connectivity index (χ1) is 11.9. The molecule has 0 bridgehead atoms. The molecule has 0 radical (unpaired) electrons. The number of carbonyl (C=O) groups is 1. The molecule has 0 atom stereocenters. The number of benzene rings is 2. The summed E-state index contributed by atoms with van der Waals surface area (Å²) in [6, 6.07) is 10.9. The molecule has 2 aromatic rings. The van der Waals surface area contributed by atoms with E-state index in [1.807, 2.05) is 19.9 Å². The fourth-order valence-corrected chi connectivity index (χ4v) is 5.23. The first kappa shape index (κ1) is 19.7. The highest BCUT2D eigenvalue weighted by molar-refractivity contribution is 8.00. The lowest BCUT2D eigenvalue weighted by Gasteiger charge is -2.11. The van der Waals surface area contributed by atoms with Crippen molar-refractivity contribution in [2.45, 2.75) is 33.4 Å². The van der Waals surface area contributed by atoms with Gasteiger partial charge >= 0.3 is 0 Å². The average Bonchev–Trinajstić information content (AvgIpc) is 2.55. The van der Waals surface area contributed by atoms with Crippen LogP contribution < -0.4 is 10.4 Å². The largest absolute Gasteiger partial charge is 0.530 e. The van der Waals surface area contributed by atoms with Gasteiger partial charge in [-0.3, -0.25) is 0 Å². The van der Waals surface area contributed by atoms with E-state index in [4.69, 9.17) is 0 Å². The molecular weight excluding hydrogens is 378 g/mol. The van der Waals surface area contributed by atoms with Gasteiger partial charge in [-0.05, 0) is 54.0 Å². The Morgan fingerprint density at radius 1 is 0.960 bits per heavy atom. The van der Waals surface area contributed by atoms with Crippen molar-refractivity contribution in [2.24, 2.45) is 0 Å². The minimum Gasteiger partial charge on any atom is -0.530 e. The molecule has 0 saturated heterocycles. The van der Waals surface area contributed by atoms with E-state index < -0.39 is 15.9 Å². The van der Waals surface area contributed by atoms with E-state index in [9.17, 15) is 18.3 Å². The van der Waals surface area contributed by atoms with Crippen LogP contribution in [0.5, 0.6) is 0 Å². The zero-order valence-electron chi connectivity index (χ0n) is 13.8. The number of sulfone groups is 1. The number of carboxylic acid groups (broad SMARTS) is 1. The Bertz CT molecular complexity index is 824. The molecule has 0 aliphatic heterocycles. The Hall–Kier alpha value is -1.64. The van der Waals surface area contributed by atoms with Crippen molar-refractivity contribution < 1.29 is 18.3 Å². The second-order valence-electron chi connectivity index (χ2n) is 4.95. The predicted octanol–water partition coefficient (Wildman–Crippen LogP) is 3.50. The maximum atomic E-state index is 12.9. The monoisotopic (exact) mass is 396 g/mol. The summed E-state index contributed by atoms with van der Waals surface area (Å²) in [6.45, 7) is 4.03. The fourth-order valence-electron chi connectivity index (χ4n) is 2.17. The molecule has 0 spiro atoms. The molecule has 0 aliphatic carbocycles. The predicted molar refractivity (Wildman–Crippen MR) is 100 cm³/mol. The molecule has 25 heavy (non-hydrogen) atoms. The second kappa shape index (κ2) is 8.64. The molecule has 134 valence electrons. The number of nitrogens with one attached hydrogen (secondary N) is 1. The number of thioether (sulfide) groups is 2. The highest BCUT2D eigenvalue weighted by Gasteiger charge is 2.19. The number of hydrogen-bond acceptors (Lipinski definition) is 6. The van der Waals surface area contributed by atoms with E-state index in [-0.39, 0.29) is 15.5 Å². The van der Waals surface area contributed by atoms with Crippen LogP contribution in [-0.2, 0) is 9.84 Å². The Morgan fingerprint density at radius 2 is 1.48 bits per heavy atom. The van der Waals surface area contributed by atoms with E-state index >= 15 is 0 Å². The van der Waals surface area contributed by atoms with E-state index in [1.54, 1.807) is 35.7 Å². The van der Waals surface area contributed by atoms with Gasteiger partial charge in [-0.2, -0.15) is 0 Å². The summed E-state index contributed by atoms with van der Waals surface area (Å²) in [5, 5.41) is 12.6. The summed E-state index contributed by atoms with van der Waals surface area (Å²) in [6.07, 6.45) is -1.44.